The molecule has 33 heavy (non-hydrogen) atoms. The Morgan fingerprint density at radius 1 is 1.18 bits per heavy atom. The maximum absolute atomic E-state index is 13.3. The summed E-state index contributed by atoms with van der Waals surface area (Å²) in [6.45, 7) is 0.541. The van der Waals surface area contributed by atoms with Crippen molar-refractivity contribution in [3.8, 4) is 0 Å². The SMILES string of the molecule is O=CN(CCC1CCC(NC(=O)C2CCc3nnc(C4CC4)n32)CC1)c1ccc(F)cc1Cl. The van der Waals surface area contributed by atoms with E-state index in [0.29, 0.717) is 24.1 Å². The number of nitrogens with zero attached hydrogens (tertiary/aromatic N) is 4. The van der Waals surface area contributed by atoms with Crippen LogP contribution in [0.5, 0.6) is 0 Å². The summed E-state index contributed by atoms with van der Waals surface area (Å²) in [4.78, 5) is 26.2. The molecule has 0 bridgehead atoms. The van der Waals surface area contributed by atoms with Gasteiger partial charge in [-0.25, -0.2) is 4.39 Å². The van der Waals surface area contributed by atoms with Gasteiger partial charge < -0.3 is 14.8 Å². The first-order valence-corrected chi connectivity index (χ1v) is 12.3. The maximum atomic E-state index is 13.3. The summed E-state index contributed by atoms with van der Waals surface area (Å²) >= 11 is 6.11. The lowest BCUT2D eigenvalue weighted by Gasteiger charge is -2.31. The van der Waals surface area contributed by atoms with Crippen LogP contribution >= 0.6 is 11.6 Å². The second-order valence-corrected chi connectivity index (χ2v) is 9.99. The van der Waals surface area contributed by atoms with Crippen LogP contribution in [0, 0.1) is 11.7 Å². The summed E-state index contributed by atoms with van der Waals surface area (Å²) in [5.41, 5.74) is 0.532. The van der Waals surface area contributed by atoms with Crippen LogP contribution in [0.2, 0.25) is 5.02 Å². The van der Waals surface area contributed by atoms with Crippen LogP contribution in [0.4, 0.5) is 10.1 Å². The number of aromatic nitrogens is 3. The van der Waals surface area contributed by atoms with Crippen molar-refractivity contribution in [3.05, 3.63) is 40.7 Å². The Morgan fingerprint density at radius 3 is 2.67 bits per heavy atom. The van der Waals surface area contributed by atoms with Gasteiger partial charge in [-0.1, -0.05) is 11.6 Å². The van der Waals surface area contributed by atoms with Crippen molar-refractivity contribution in [3.63, 3.8) is 0 Å². The van der Waals surface area contributed by atoms with Crippen molar-refractivity contribution in [1.29, 1.82) is 0 Å². The summed E-state index contributed by atoms with van der Waals surface area (Å²) in [7, 11) is 0. The second-order valence-electron chi connectivity index (χ2n) is 9.58. The summed E-state index contributed by atoms with van der Waals surface area (Å²) in [6.07, 6.45) is 9.39. The lowest BCUT2D eigenvalue weighted by Crippen LogP contribution is -2.41. The summed E-state index contributed by atoms with van der Waals surface area (Å²) in [5, 5.41) is 12.2. The van der Waals surface area contributed by atoms with E-state index >= 15 is 0 Å². The van der Waals surface area contributed by atoms with Crippen LogP contribution in [0.3, 0.4) is 0 Å². The summed E-state index contributed by atoms with van der Waals surface area (Å²) < 4.78 is 15.4. The number of carbonyl (C=O) groups excluding carboxylic acids is 2. The fourth-order valence-corrected chi connectivity index (χ4v) is 5.55. The number of carbonyl (C=O) groups is 2. The van der Waals surface area contributed by atoms with Gasteiger partial charge in [0.2, 0.25) is 12.3 Å². The first kappa shape index (κ1) is 22.3. The molecule has 0 radical (unpaired) electrons. The quantitative estimate of drug-likeness (QED) is 0.584. The number of aryl methyl sites for hydroxylation is 1. The van der Waals surface area contributed by atoms with Crippen molar-refractivity contribution in [1.82, 2.24) is 20.1 Å². The highest BCUT2D eigenvalue weighted by Gasteiger charge is 2.38. The minimum atomic E-state index is -0.420. The number of anilines is 1. The van der Waals surface area contributed by atoms with E-state index in [1.54, 1.807) is 4.90 Å². The number of rotatable bonds is 8. The lowest BCUT2D eigenvalue weighted by atomic mass is 9.84. The van der Waals surface area contributed by atoms with Crippen LogP contribution in [0.15, 0.2) is 18.2 Å². The molecule has 2 aliphatic carbocycles. The first-order chi connectivity index (χ1) is 16.0. The van der Waals surface area contributed by atoms with Gasteiger partial charge in [0, 0.05) is 24.9 Å². The van der Waals surface area contributed by atoms with E-state index in [2.05, 4.69) is 20.1 Å². The molecule has 1 aromatic heterocycles. The Labute approximate surface area is 197 Å². The molecule has 3 aliphatic rings. The van der Waals surface area contributed by atoms with Crippen LogP contribution < -0.4 is 10.2 Å². The van der Waals surface area contributed by atoms with Gasteiger partial charge in [0.05, 0.1) is 10.7 Å². The van der Waals surface area contributed by atoms with E-state index in [-0.39, 0.29) is 23.0 Å². The Bertz CT molecular complexity index is 1030. The van der Waals surface area contributed by atoms with Gasteiger partial charge in [0.1, 0.15) is 23.5 Å². The molecule has 2 saturated carbocycles. The minimum Gasteiger partial charge on any atom is -0.352 e. The molecule has 1 aromatic carbocycles. The maximum Gasteiger partial charge on any atom is 0.243 e. The zero-order valence-corrected chi connectivity index (χ0v) is 19.3. The van der Waals surface area contributed by atoms with E-state index < -0.39 is 5.82 Å². The molecule has 2 heterocycles. The summed E-state index contributed by atoms with van der Waals surface area (Å²) in [5.74, 6) is 2.57. The van der Waals surface area contributed by atoms with Gasteiger partial charge >= 0.3 is 0 Å². The molecule has 0 saturated heterocycles. The highest BCUT2D eigenvalue weighted by Crippen LogP contribution is 2.42. The fourth-order valence-electron chi connectivity index (χ4n) is 5.27. The summed E-state index contributed by atoms with van der Waals surface area (Å²) in [6, 6.07) is 4.09. The van der Waals surface area contributed by atoms with Gasteiger partial charge in [-0.3, -0.25) is 9.59 Å². The van der Waals surface area contributed by atoms with E-state index in [4.69, 9.17) is 11.6 Å². The molecule has 5 rings (SSSR count). The van der Waals surface area contributed by atoms with E-state index in [0.717, 1.165) is 75.8 Å². The lowest BCUT2D eigenvalue weighted by molar-refractivity contribution is -0.125. The predicted molar refractivity (Wildman–Crippen MR) is 123 cm³/mol. The largest absolute Gasteiger partial charge is 0.352 e. The van der Waals surface area contributed by atoms with Gasteiger partial charge in [0.25, 0.3) is 0 Å². The normalized spacial score (nSPS) is 24.4. The molecule has 1 N–H and O–H groups in total. The van der Waals surface area contributed by atoms with Crippen LogP contribution in [-0.4, -0.2) is 39.7 Å². The van der Waals surface area contributed by atoms with Crippen molar-refractivity contribution in [2.75, 3.05) is 11.4 Å². The Balaban J connectivity index is 1.10. The molecule has 9 heteroatoms. The Kier molecular flexibility index (Phi) is 6.36. The van der Waals surface area contributed by atoms with Crippen molar-refractivity contribution >= 4 is 29.6 Å². The zero-order chi connectivity index (χ0) is 22.9. The molecule has 2 amide bonds. The number of halogens is 2. The van der Waals surface area contributed by atoms with Crippen LogP contribution in [0.1, 0.15) is 75.0 Å². The molecular weight excluding hydrogens is 445 g/mol. The number of fused-ring (bicyclic) bond motifs is 1. The van der Waals surface area contributed by atoms with Crippen LogP contribution in [0.25, 0.3) is 0 Å². The third-order valence-corrected chi connectivity index (χ3v) is 7.61. The minimum absolute atomic E-state index is 0.0944. The molecule has 1 atom stereocenters. The average molecular weight is 474 g/mol. The molecule has 2 aromatic rings. The third-order valence-electron chi connectivity index (χ3n) is 7.31. The molecule has 0 spiro atoms. The molecule has 1 aliphatic heterocycles. The smallest absolute Gasteiger partial charge is 0.243 e. The highest BCUT2D eigenvalue weighted by molar-refractivity contribution is 6.33. The predicted octanol–water partition coefficient (Wildman–Crippen LogP) is 4.16. The van der Waals surface area contributed by atoms with Gasteiger partial charge in [0.15, 0.2) is 0 Å². The topological polar surface area (TPSA) is 80.1 Å². The average Bonchev–Trinajstić information content (AvgIpc) is 3.42. The highest BCUT2D eigenvalue weighted by atomic mass is 35.5. The Morgan fingerprint density at radius 2 is 1.97 bits per heavy atom. The number of benzene rings is 1. The number of hydrogen-bond donors (Lipinski definition) is 1. The molecule has 1 unspecified atom stereocenters. The van der Waals surface area contributed by atoms with Gasteiger partial charge in [-0.2, -0.15) is 0 Å². The monoisotopic (exact) mass is 473 g/mol. The molecule has 176 valence electrons. The van der Waals surface area contributed by atoms with Crippen LogP contribution in [-0.2, 0) is 16.0 Å². The van der Waals surface area contributed by atoms with Gasteiger partial charge in [-0.15, -0.1) is 10.2 Å². The number of amides is 2. The Hall–Kier alpha value is -2.48. The van der Waals surface area contributed by atoms with Crippen molar-refractivity contribution < 1.29 is 14.0 Å². The second kappa shape index (κ2) is 9.41. The molecule has 2 fully saturated rings. The number of nitrogens with one attached hydrogen (secondary N) is 1. The van der Waals surface area contributed by atoms with Crippen molar-refractivity contribution in [2.45, 2.75) is 75.8 Å². The standard InChI is InChI=1S/C24H29ClFN5O2/c25-19-13-17(26)5-8-20(19)30(14-32)12-11-15-1-6-18(7-2-15)27-24(33)21-9-10-22-28-29-23(31(21)22)16-3-4-16/h5,8,13-16,18,21H,1-4,6-7,9-12H2,(H,27,33). The molecule has 7 nitrogen and oxygen atoms in total. The molecular formula is C24H29ClFN5O2. The van der Waals surface area contributed by atoms with Crippen molar-refractivity contribution in [2.24, 2.45) is 5.92 Å². The van der Waals surface area contributed by atoms with E-state index in [9.17, 15) is 14.0 Å². The van der Waals surface area contributed by atoms with E-state index in [1.165, 1.54) is 18.2 Å². The first-order valence-electron chi connectivity index (χ1n) is 11.9. The number of hydrogen-bond acceptors (Lipinski definition) is 4. The fraction of sp³-hybridized carbons (Fsp3) is 0.583. The zero-order valence-electron chi connectivity index (χ0n) is 18.6. The van der Waals surface area contributed by atoms with Gasteiger partial charge in [-0.05, 0) is 75.5 Å². The third kappa shape index (κ3) is 4.76. The van der Waals surface area contributed by atoms with E-state index in [1.807, 2.05) is 0 Å².